The molecule has 0 N–H and O–H groups in total. The van der Waals surface area contributed by atoms with E-state index >= 15 is 0 Å². The van der Waals surface area contributed by atoms with E-state index in [0.29, 0.717) is 11.2 Å². The second-order valence-electron chi connectivity index (χ2n) is 4.79. The molecule has 0 bridgehead atoms. The number of hydrogen-bond donors (Lipinski definition) is 0. The van der Waals surface area contributed by atoms with E-state index < -0.39 is 0 Å². The Morgan fingerprint density at radius 3 is 2.84 bits per heavy atom. The summed E-state index contributed by atoms with van der Waals surface area (Å²) in [5.74, 6) is 2.16. The van der Waals surface area contributed by atoms with E-state index in [4.69, 9.17) is 4.99 Å². The van der Waals surface area contributed by atoms with E-state index in [1.54, 1.807) is 0 Å². The first kappa shape index (κ1) is 13.2. The molecule has 0 saturated carbocycles. The zero-order chi connectivity index (χ0) is 13.6. The van der Waals surface area contributed by atoms with Crippen LogP contribution in [0.4, 0.5) is 0 Å². The molecule has 0 aromatic carbocycles. The predicted octanol–water partition coefficient (Wildman–Crippen LogP) is 3.54. The highest BCUT2D eigenvalue weighted by Gasteiger charge is 2.39. The Hall–Kier alpha value is -0.810. The van der Waals surface area contributed by atoms with Crippen LogP contribution in [0.1, 0.15) is 20.8 Å². The van der Waals surface area contributed by atoms with Crippen molar-refractivity contribution in [2.75, 3.05) is 12.1 Å². The van der Waals surface area contributed by atoms with Gasteiger partial charge in [0.2, 0.25) is 0 Å². The van der Waals surface area contributed by atoms with Gasteiger partial charge in [0, 0.05) is 39.8 Å². The van der Waals surface area contributed by atoms with Crippen LogP contribution in [0.2, 0.25) is 0 Å². The summed E-state index contributed by atoms with van der Waals surface area (Å²) in [6.07, 6.45) is 2.15. The summed E-state index contributed by atoms with van der Waals surface area (Å²) in [5.41, 5.74) is 3.74. The van der Waals surface area contributed by atoms with Gasteiger partial charge in [-0.15, -0.1) is 23.5 Å². The molecule has 5 heteroatoms. The fraction of sp³-hybridized carbons (Fsp3) is 0.500. The zero-order valence-electron chi connectivity index (χ0n) is 11.6. The van der Waals surface area contributed by atoms with Crippen molar-refractivity contribution < 1.29 is 0 Å². The van der Waals surface area contributed by atoms with Crippen LogP contribution in [0.15, 0.2) is 37.1 Å². The summed E-state index contributed by atoms with van der Waals surface area (Å²) in [4.78, 5) is 15.2. The molecule has 19 heavy (non-hydrogen) atoms. The van der Waals surface area contributed by atoms with Gasteiger partial charge in [-0.05, 0) is 13.8 Å². The van der Waals surface area contributed by atoms with Crippen LogP contribution in [0.25, 0.3) is 0 Å². The highest BCUT2D eigenvalue weighted by atomic mass is 32.2. The molecule has 0 aliphatic carbocycles. The standard InChI is InChI=1S/C14H17N3S2/c1-5-9-12-10-11(18-6-19-12)7(2)8(3)16-14(10)17-13(9)15-4/h5,7,12H,6H2,1-4H3/b9-5-,15-13+/t7-,12-/m1/s1. The summed E-state index contributed by atoms with van der Waals surface area (Å²) in [5, 5.41) is 1.47. The average molecular weight is 291 g/mol. The lowest BCUT2D eigenvalue weighted by molar-refractivity contribution is 0.935. The van der Waals surface area contributed by atoms with Gasteiger partial charge >= 0.3 is 0 Å². The average Bonchev–Trinajstić information content (AvgIpc) is 2.44. The third-order valence-electron chi connectivity index (χ3n) is 3.80. The van der Waals surface area contributed by atoms with E-state index in [1.807, 2.05) is 30.6 Å². The van der Waals surface area contributed by atoms with Crippen molar-refractivity contribution in [3.63, 3.8) is 0 Å². The number of nitrogens with zero attached hydrogens (tertiary/aromatic N) is 3. The molecule has 3 aliphatic heterocycles. The maximum atomic E-state index is 4.71. The summed E-state index contributed by atoms with van der Waals surface area (Å²) in [7, 11) is 1.81. The molecule has 0 unspecified atom stereocenters. The van der Waals surface area contributed by atoms with Crippen molar-refractivity contribution in [2.24, 2.45) is 20.9 Å². The molecule has 0 radical (unpaired) electrons. The maximum absolute atomic E-state index is 4.71. The van der Waals surface area contributed by atoms with Gasteiger partial charge in [-0.25, -0.2) is 9.98 Å². The maximum Gasteiger partial charge on any atom is 0.159 e. The van der Waals surface area contributed by atoms with Gasteiger partial charge in [-0.3, -0.25) is 4.99 Å². The predicted molar refractivity (Wildman–Crippen MR) is 87.7 cm³/mol. The van der Waals surface area contributed by atoms with Crippen molar-refractivity contribution >= 4 is 40.9 Å². The quantitative estimate of drug-likeness (QED) is 0.684. The number of allylic oxidation sites excluding steroid dienone is 2. The Balaban J connectivity index is 2.25. The summed E-state index contributed by atoms with van der Waals surface area (Å²) >= 11 is 3.92. The largest absolute Gasteiger partial charge is 0.270 e. The molecule has 0 saturated heterocycles. The van der Waals surface area contributed by atoms with Crippen molar-refractivity contribution in [3.8, 4) is 0 Å². The molecular weight excluding hydrogens is 274 g/mol. The zero-order valence-corrected chi connectivity index (χ0v) is 13.2. The third kappa shape index (κ3) is 1.94. The third-order valence-corrected chi connectivity index (χ3v) is 6.52. The normalized spacial score (nSPS) is 34.3. The Kier molecular flexibility index (Phi) is 3.43. The molecule has 0 spiro atoms. The molecule has 0 aromatic heterocycles. The van der Waals surface area contributed by atoms with Crippen molar-refractivity contribution in [3.05, 3.63) is 22.1 Å². The molecule has 3 nitrogen and oxygen atoms in total. The first-order chi connectivity index (χ1) is 9.17. The van der Waals surface area contributed by atoms with Crippen LogP contribution in [0, 0.1) is 5.92 Å². The highest BCUT2D eigenvalue weighted by Crippen LogP contribution is 2.48. The van der Waals surface area contributed by atoms with Gasteiger partial charge in [0.1, 0.15) is 0 Å². The molecule has 100 valence electrons. The van der Waals surface area contributed by atoms with Gasteiger partial charge < -0.3 is 0 Å². The number of rotatable bonds is 0. The fourth-order valence-corrected chi connectivity index (χ4v) is 5.63. The Labute approximate surface area is 122 Å². The summed E-state index contributed by atoms with van der Waals surface area (Å²) in [6.45, 7) is 6.42. The molecule has 3 rings (SSSR count). The minimum Gasteiger partial charge on any atom is -0.270 e. The van der Waals surface area contributed by atoms with Gasteiger partial charge in [0.05, 0.1) is 5.25 Å². The molecular formula is C14H17N3S2. The molecule has 0 aromatic rings. The number of hydrogen-bond acceptors (Lipinski definition) is 4. The summed E-state index contributed by atoms with van der Waals surface area (Å²) < 4.78 is 0. The van der Waals surface area contributed by atoms with E-state index in [1.165, 1.54) is 16.1 Å². The molecule has 0 amide bonds. The molecule has 0 fully saturated rings. The Morgan fingerprint density at radius 1 is 1.37 bits per heavy atom. The van der Waals surface area contributed by atoms with Crippen molar-refractivity contribution in [2.45, 2.75) is 26.0 Å². The first-order valence-electron chi connectivity index (χ1n) is 6.43. The van der Waals surface area contributed by atoms with Gasteiger partial charge in [0.25, 0.3) is 0 Å². The minimum atomic E-state index is 0.367. The van der Waals surface area contributed by atoms with Crippen molar-refractivity contribution in [1.29, 1.82) is 0 Å². The Bertz CT molecular complexity index is 581. The monoisotopic (exact) mass is 291 g/mol. The SMILES string of the molecule is C/C=C1\C(=N/C)N=C2N=C(C)[C@@H](C)C3=C2[C@@H]1SCS3. The van der Waals surface area contributed by atoms with Crippen LogP contribution < -0.4 is 0 Å². The van der Waals surface area contributed by atoms with Crippen LogP contribution in [-0.2, 0) is 0 Å². The van der Waals surface area contributed by atoms with E-state index in [2.05, 4.69) is 36.8 Å². The molecule has 3 aliphatic rings. The molecule has 2 atom stereocenters. The molecule has 3 heterocycles. The van der Waals surface area contributed by atoms with Crippen molar-refractivity contribution in [1.82, 2.24) is 0 Å². The topological polar surface area (TPSA) is 37.1 Å². The summed E-state index contributed by atoms with van der Waals surface area (Å²) in [6, 6.07) is 0. The fourth-order valence-electron chi connectivity index (χ4n) is 2.63. The first-order valence-corrected chi connectivity index (χ1v) is 8.46. The van der Waals surface area contributed by atoms with Gasteiger partial charge in [-0.1, -0.05) is 13.0 Å². The van der Waals surface area contributed by atoms with Gasteiger partial charge in [-0.2, -0.15) is 0 Å². The lowest BCUT2D eigenvalue weighted by atomic mass is 9.91. The lowest BCUT2D eigenvalue weighted by Crippen LogP contribution is -2.35. The van der Waals surface area contributed by atoms with Gasteiger partial charge in [0.15, 0.2) is 11.7 Å². The smallest absolute Gasteiger partial charge is 0.159 e. The van der Waals surface area contributed by atoms with Crippen LogP contribution >= 0.6 is 23.5 Å². The van der Waals surface area contributed by atoms with E-state index in [-0.39, 0.29) is 0 Å². The second kappa shape index (κ2) is 4.94. The van der Waals surface area contributed by atoms with Crippen LogP contribution in [0.5, 0.6) is 0 Å². The van der Waals surface area contributed by atoms with Crippen LogP contribution in [-0.4, -0.2) is 34.8 Å². The number of aliphatic imine (C=N–C) groups is 3. The Morgan fingerprint density at radius 2 is 2.16 bits per heavy atom. The number of amidine groups is 2. The van der Waals surface area contributed by atoms with E-state index in [0.717, 1.165) is 22.5 Å². The lowest BCUT2D eigenvalue weighted by Gasteiger charge is -2.36. The number of thioether (sulfide) groups is 2. The second-order valence-corrected chi connectivity index (χ2v) is 7.26. The van der Waals surface area contributed by atoms with E-state index in [9.17, 15) is 0 Å². The van der Waals surface area contributed by atoms with Crippen LogP contribution in [0.3, 0.4) is 0 Å². The minimum absolute atomic E-state index is 0.367. The highest BCUT2D eigenvalue weighted by molar-refractivity contribution is 8.18. The number of dihydropyridines is 1.